The van der Waals surface area contributed by atoms with Crippen molar-refractivity contribution in [1.29, 1.82) is 0 Å². The van der Waals surface area contributed by atoms with Gasteiger partial charge in [-0.2, -0.15) is 0 Å². The zero-order valence-electron chi connectivity index (χ0n) is 9.74. The van der Waals surface area contributed by atoms with E-state index in [1.165, 1.54) is 38.6 Å². The molecule has 1 unspecified atom stereocenters. The van der Waals surface area contributed by atoms with E-state index in [1.807, 2.05) is 0 Å². The molecule has 0 amide bonds. The van der Waals surface area contributed by atoms with Gasteiger partial charge in [0.25, 0.3) is 0 Å². The van der Waals surface area contributed by atoms with Crippen LogP contribution in [0.25, 0.3) is 0 Å². The molecule has 2 heteroatoms. The van der Waals surface area contributed by atoms with Gasteiger partial charge in [0, 0.05) is 12.6 Å². The van der Waals surface area contributed by atoms with Crippen LogP contribution in [0.5, 0.6) is 0 Å². The van der Waals surface area contributed by atoms with Gasteiger partial charge in [0.05, 0.1) is 6.10 Å². The van der Waals surface area contributed by atoms with Gasteiger partial charge >= 0.3 is 0 Å². The van der Waals surface area contributed by atoms with Crippen LogP contribution >= 0.6 is 0 Å². The molecule has 2 nitrogen and oxygen atoms in total. The van der Waals surface area contributed by atoms with Gasteiger partial charge in [0.15, 0.2) is 0 Å². The summed E-state index contributed by atoms with van der Waals surface area (Å²) in [4.78, 5) is 0. The summed E-state index contributed by atoms with van der Waals surface area (Å²) in [5.74, 6) is 0.876. The highest BCUT2D eigenvalue weighted by Crippen LogP contribution is 2.24. The van der Waals surface area contributed by atoms with E-state index in [0.29, 0.717) is 6.10 Å². The van der Waals surface area contributed by atoms with Gasteiger partial charge < -0.3 is 10.1 Å². The molecule has 0 aromatic carbocycles. The lowest BCUT2D eigenvalue weighted by Crippen LogP contribution is -2.46. The first-order valence-corrected chi connectivity index (χ1v) is 6.38. The summed E-state index contributed by atoms with van der Waals surface area (Å²) in [6.07, 6.45) is 11.5. The molecular formula is C13H23NO. The zero-order valence-corrected chi connectivity index (χ0v) is 9.74. The summed E-state index contributed by atoms with van der Waals surface area (Å²) in [6.45, 7) is 4.15. The molecule has 0 aliphatic heterocycles. The third-order valence-corrected chi connectivity index (χ3v) is 3.57. The molecule has 0 bridgehead atoms. The van der Waals surface area contributed by atoms with E-state index in [9.17, 15) is 0 Å². The van der Waals surface area contributed by atoms with E-state index in [0.717, 1.165) is 18.6 Å². The highest BCUT2D eigenvalue weighted by atomic mass is 16.5. The van der Waals surface area contributed by atoms with Crippen LogP contribution in [0.1, 0.15) is 39.0 Å². The van der Waals surface area contributed by atoms with E-state index >= 15 is 0 Å². The Balaban J connectivity index is 1.54. The van der Waals surface area contributed by atoms with E-state index < -0.39 is 0 Å². The molecule has 86 valence electrons. The lowest BCUT2D eigenvalue weighted by Gasteiger charge is -2.36. The Morgan fingerprint density at radius 1 is 1.33 bits per heavy atom. The summed E-state index contributed by atoms with van der Waals surface area (Å²) in [5, 5.41) is 3.66. The lowest BCUT2D eigenvalue weighted by molar-refractivity contribution is -0.0106. The van der Waals surface area contributed by atoms with Crippen LogP contribution in [0.3, 0.4) is 0 Å². The van der Waals surface area contributed by atoms with Gasteiger partial charge in [0.2, 0.25) is 0 Å². The van der Waals surface area contributed by atoms with Crippen molar-refractivity contribution < 1.29 is 4.74 Å². The van der Waals surface area contributed by atoms with Crippen molar-refractivity contribution in [3.63, 3.8) is 0 Å². The first-order chi connectivity index (χ1) is 7.38. The van der Waals surface area contributed by atoms with Gasteiger partial charge in [0.1, 0.15) is 0 Å². The minimum atomic E-state index is 0.541. The first-order valence-electron chi connectivity index (χ1n) is 6.38. The van der Waals surface area contributed by atoms with Crippen molar-refractivity contribution in [2.45, 2.75) is 51.2 Å². The van der Waals surface area contributed by atoms with Gasteiger partial charge in [-0.15, -0.1) is 0 Å². The Bertz CT molecular complexity index is 209. The van der Waals surface area contributed by atoms with Crippen LogP contribution in [-0.4, -0.2) is 25.3 Å². The summed E-state index contributed by atoms with van der Waals surface area (Å²) in [5.41, 5.74) is 0. The first kappa shape index (κ1) is 11.2. The molecule has 2 aliphatic carbocycles. The number of allylic oxidation sites excluding steroid dienone is 2. The molecule has 15 heavy (non-hydrogen) atoms. The Kier molecular flexibility index (Phi) is 4.21. The zero-order chi connectivity index (χ0) is 10.5. The predicted molar refractivity (Wildman–Crippen MR) is 62.9 cm³/mol. The van der Waals surface area contributed by atoms with Gasteiger partial charge in [-0.05, 0) is 51.5 Å². The molecule has 1 N–H and O–H groups in total. The van der Waals surface area contributed by atoms with Crippen LogP contribution < -0.4 is 5.32 Å². The van der Waals surface area contributed by atoms with Crippen LogP contribution in [0.2, 0.25) is 0 Å². The van der Waals surface area contributed by atoms with E-state index in [2.05, 4.69) is 24.4 Å². The fraction of sp³-hybridized carbons (Fsp3) is 0.846. The summed E-state index contributed by atoms with van der Waals surface area (Å²) >= 11 is 0. The normalized spacial score (nSPS) is 35.1. The number of rotatable bonds is 5. The van der Waals surface area contributed by atoms with Gasteiger partial charge in [-0.1, -0.05) is 12.2 Å². The number of ether oxygens (including phenoxy) is 1. The van der Waals surface area contributed by atoms with Crippen molar-refractivity contribution in [2.24, 2.45) is 5.92 Å². The maximum atomic E-state index is 5.55. The fourth-order valence-electron chi connectivity index (χ4n) is 2.48. The molecule has 0 aromatic heterocycles. The standard InChI is InChI=1S/C13H23NO/c1-2-15-13-8-12(9-13)14-10-11-6-4-3-5-7-11/h3-4,11-14H,2,5-10H2,1H3. The Hall–Kier alpha value is -0.340. The monoisotopic (exact) mass is 209 g/mol. The molecule has 1 saturated carbocycles. The molecule has 0 aromatic rings. The second-order valence-electron chi connectivity index (χ2n) is 4.80. The van der Waals surface area contributed by atoms with E-state index in [-0.39, 0.29) is 0 Å². The molecule has 0 spiro atoms. The molecule has 0 heterocycles. The largest absolute Gasteiger partial charge is 0.378 e. The number of hydrogen-bond acceptors (Lipinski definition) is 2. The summed E-state index contributed by atoms with van der Waals surface area (Å²) in [6, 6.07) is 0.729. The number of nitrogens with one attached hydrogen (secondary N) is 1. The van der Waals surface area contributed by atoms with Crippen molar-refractivity contribution in [3.05, 3.63) is 12.2 Å². The quantitative estimate of drug-likeness (QED) is 0.702. The van der Waals surface area contributed by atoms with Crippen LogP contribution in [0.15, 0.2) is 12.2 Å². The fourth-order valence-corrected chi connectivity index (χ4v) is 2.48. The lowest BCUT2D eigenvalue weighted by atomic mass is 9.87. The predicted octanol–water partition coefficient (Wildman–Crippen LogP) is 2.50. The Morgan fingerprint density at radius 3 is 2.87 bits per heavy atom. The Labute approximate surface area is 93.1 Å². The molecule has 1 fully saturated rings. The van der Waals surface area contributed by atoms with Gasteiger partial charge in [-0.3, -0.25) is 0 Å². The second-order valence-corrected chi connectivity index (χ2v) is 4.80. The summed E-state index contributed by atoms with van der Waals surface area (Å²) < 4.78 is 5.55. The van der Waals surface area contributed by atoms with Crippen LogP contribution in [0, 0.1) is 5.92 Å². The molecule has 0 saturated heterocycles. The van der Waals surface area contributed by atoms with Crippen molar-refractivity contribution in [3.8, 4) is 0 Å². The third-order valence-electron chi connectivity index (χ3n) is 3.57. The smallest absolute Gasteiger partial charge is 0.0604 e. The minimum Gasteiger partial charge on any atom is -0.378 e. The molecule has 2 rings (SSSR count). The molecular weight excluding hydrogens is 186 g/mol. The second kappa shape index (κ2) is 5.66. The van der Waals surface area contributed by atoms with Crippen molar-refractivity contribution in [2.75, 3.05) is 13.2 Å². The average Bonchev–Trinajstić information content (AvgIpc) is 2.23. The van der Waals surface area contributed by atoms with E-state index in [4.69, 9.17) is 4.74 Å². The van der Waals surface area contributed by atoms with E-state index in [1.54, 1.807) is 0 Å². The average molecular weight is 209 g/mol. The SMILES string of the molecule is CCOC1CC(NCC2CC=CCC2)C1. The molecule has 2 aliphatic rings. The van der Waals surface area contributed by atoms with Gasteiger partial charge in [-0.25, -0.2) is 0 Å². The minimum absolute atomic E-state index is 0.541. The van der Waals surface area contributed by atoms with Crippen molar-refractivity contribution in [1.82, 2.24) is 5.32 Å². The van der Waals surface area contributed by atoms with Crippen molar-refractivity contribution >= 4 is 0 Å². The highest BCUT2D eigenvalue weighted by molar-refractivity contribution is 4.92. The number of hydrogen-bond donors (Lipinski definition) is 1. The summed E-state index contributed by atoms with van der Waals surface area (Å²) in [7, 11) is 0. The van der Waals surface area contributed by atoms with Crippen LogP contribution in [-0.2, 0) is 4.74 Å². The topological polar surface area (TPSA) is 21.3 Å². The van der Waals surface area contributed by atoms with Crippen LogP contribution in [0.4, 0.5) is 0 Å². The molecule has 1 atom stereocenters. The molecule has 0 radical (unpaired) electrons. The Morgan fingerprint density at radius 2 is 2.20 bits per heavy atom. The highest BCUT2D eigenvalue weighted by Gasteiger charge is 2.29. The maximum absolute atomic E-state index is 5.55. The third kappa shape index (κ3) is 3.32. The maximum Gasteiger partial charge on any atom is 0.0604 e.